The van der Waals surface area contributed by atoms with E-state index >= 15 is 0 Å². The Hall–Kier alpha value is -1.81. The molecule has 1 aromatic carbocycles. The molecule has 0 aliphatic carbocycles. The highest BCUT2D eigenvalue weighted by Crippen LogP contribution is 2.23. The second-order valence-corrected chi connectivity index (χ2v) is 4.73. The Morgan fingerprint density at radius 1 is 1.35 bits per heavy atom. The summed E-state index contributed by atoms with van der Waals surface area (Å²) < 4.78 is 0. The average Bonchev–Trinajstić information content (AvgIpc) is 2.79. The maximum atomic E-state index is 10.8. The number of hydrogen-bond donors (Lipinski definition) is 1. The fourth-order valence-corrected chi connectivity index (χ4v) is 2.37. The summed E-state index contributed by atoms with van der Waals surface area (Å²) in [6.07, 6.45) is 0. The number of carbonyl (C=O) groups is 1. The number of rotatable bonds is 4. The lowest BCUT2D eigenvalue weighted by atomic mass is 10.2. The third-order valence-corrected chi connectivity index (χ3v) is 3.41. The third-order valence-electron chi connectivity index (χ3n) is 2.50. The van der Waals surface area contributed by atoms with Crippen molar-refractivity contribution in [2.75, 3.05) is 11.9 Å². The van der Waals surface area contributed by atoms with E-state index in [9.17, 15) is 4.79 Å². The Kier molecular flexibility index (Phi) is 3.44. The molecule has 4 heteroatoms. The van der Waals surface area contributed by atoms with Gasteiger partial charge >= 0.3 is 5.97 Å². The highest BCUT2D eigenvalue weighted by atomic mass is 32.1. The van der Waals surface area contributed by atoms with Crippen LogP contribution in [0.5, 0.6) is 0 Å². The molecule has 1 N–H and O–H groups in total. The maximum Gasteiger partial charge on any atom is 0.345 e. The van der Waals surface area contributed by atoms with Crippen LogP contribution in [0.25, 0.3) is 0 Å². The van der Waals surface area contributed by atoms with Crippen LogP contribution in [0.2, 0.25) is 0 Å². The molecule has 1 aromatic heterocycles. The molecule has 0 spiro atoms. The van der Waals surface area contributed by atoms with Gasteiger partial charge in [0.15, 0.2) is 0 Å². The number of aromatic carboxylic acids is 1. The second-order valence-electron chi connectivity index (χ2n) is 3.82. The molecule has 0 unspecified atom stereocenters. The molecule has 2 aromatic rings. The molecule has 0 aliphatic rings. The minimum Gasteiger partial charge on any atom is -0.477 e. The van der Waals surface area contributed by atoms with Gasteiger partial charge in [-0.1, -0.05) is 30.3 Å². The first-order valence-corrected chi connectivity index (χ1v) is 6.11. The fourth-order valence-electron chi connectivity index (χ4n) is 1.59. The largest absolute Gasteiger partial charge is 0.477 e. The first-order chi connectivity index (χ1) is 8.16. The van der Waals surface area contributed by atoms with Gasteiger partial charge in [-0.3, -0.25) is 0 Å². The lowest BCUT2D eigenvalue weighted by Crippen LogP contribution is -2.15. The Labute approximate surface area is 104 Å². The van der Waals surface area contributed by atoms with Crippen molar-refractivity contribution in [1.82, 2.24) is 0 Å². The van der Waals surface area contributed by atoms with Gasteiger partial charge in [0.1, 0.15) is 4.88 Å². The zero-order valence-electron chi connectivity index (χ0n) is 9.46. The van der Waals surface area contributed by atoms with E-state index in [1.54, 1.807) is 6.07 Å². The van der Waals surface area contributed by atoms with E-state index in [4.69, 9.17) is 5.11 Å². The predicted molar refractivity (Wildman–Crippen MR) is 69.8 cm³/mol. The average molecular weight is 247 g/mol. The van der Waals surface area contributed by atoms with Crippen molar-refractivity contribution < 1.29 is 9.90 Å². The Morgan fingerprint density at radius 2 is 2.06 bits per heavy atom. The number of carboxylic acids is 1. The fraction of sp³-hybridized carbons (Fsp3) is 0.154. The van der Waals surface area contributed by atoms with Crippen molar-refractivity contribution in [2.45, 2.75) is 6.54 Å². The molecule has 2 rings (SSSR count). The van der Waals surface area contributed by atoms with Crippen molar-refractivity contribution in [2.24, 2.45) is 0 Å². The molecule has 3 nitrogen and oxygen atoms in total. The van der Waals surface area contributed by atoms with Crippen LogP contribution < -0.4 is 4.90 Å². The van der Waals surface area contributed by atoms with Crippen LogP contribution in [0.4, 0.5) is 5.69 Å². The van der Waals surface area contributed by atoms with E-state index in [1.807, 2.05) is 35.5 Å². The normalized spacial score (nSPS) is 10.2. The molecular formula is C13H13NO2S. The van der Waals surface area contributed by atoms with Crippen LogP contribution in [-0.2, 0) is 6.54 Å². The molecule has 0 atom stereocenters. The molecule has 0 amide bonds. The lowest BCUT2D eigenvalue weighted by Gasteiger charge is -2.17. The number of hydrogen-bond acceptors (Lipinski definition) is 3. The molecule has 0 fully saturated rings. The third kappa shape index (κ3) is 2.85. The first-order valence-electron chi connectivity index (χ1n) is 5.23. The van der Waals surface area contributed by atoms with Crippen LogP contribution in [0.15, 0.2) is 41.8 Å². The van der Waals surface area contributed by atoms with E-state index < -0.39 is 5.97 Å². The van der Waals surface area contributed by atoms with E-state index in [0.717, 1.165) is 12.2 Å². The van der Waals surface area contributed by atoms with E-state index in [2.05, 4.69) is 12.1 Å². The molecule has 17 heavy (non-hydrogen) atoms. The Bertz CT molecular complexity index is 507. The SMILES string of the molecule is CN(Cc1ccccc1)c1csc(C(=O)O)c1. The van der Waals surface area contributed by atoms with Gasteiger partial charge in [-0.05, 0) is 11.6 Å². The summed E-state index contributed by atoms with van der Waals surface area (Å²) in [6.45, 7) is 0.774. The number of thiophene rings is 1. The minimum absolute atomic E-state index is 0.375. The first kappa shape index (κ1) is 11.7. The van der Waals surface area contributed by atoms with Crippen LogP contribution in [0.1, 0.15) is 15.2 Å². The van der Waals surface area contributed by atoms with Crippen LogP contribution in [0.3, 0.4) is 0 Å². The molecular weight excluding hydrogens is 234 g/mol. The van der Waals surface area contributed by atoms with Gasteiger partial charge < -0.3 is 10.0 Å². The predicted octanol–water partition coefficient (Wildman–Crippen LogP) is 3.08. The number of nitrogens with zero attached hydrogens (tertiary/aromatic N) is 1. The molecule has 1 heterocycles. The number of anilines is 1. The maximum absolute atomic E-state index is 10.8. The topological polar surface area (TPSA) is 40.5 Å². The summed E-state index contributed by atoms with van der Waals surface area (Å²) in [5.41, 5.74) is 2.15. The van der Waals surface area contributed by atoms with Gasteiger partial charge in [0.25, 0.3) is 0 Å². The lowest BCUT2D eigenvalue weighted by molar-refractivity contribution is 0.0702. The molecule has 0 bridgehead atoms. The Morgan fingerprint density at radius 3 is 2.65 bits per heavy atom. The zero-order valence-corrected chi connectivity index (χ0v) is 10.3. The monoisotopic (exact) mass is 247 g/mol. The zero-order chi connectivity index (χ0) is 12.3. The van der Waals surface area contributed by atoms with Crippen LogP contribution in [0, 0.1) is 0 Å². The summed E-state index contributed by atoms with van der Waals surface area (Å²) >= 11 is 1.26. The highest BCUT2D eigenvalue weighted by Gasteiger charge is 2.09. The van der Waals surface area contributed by atoms with Gasteiger partial charge in [-0.2, -0.15) is 0 Å². The van der Waals surface area contributed by atoms with Gasteiger partial charge in [0.2, 0.25) is 0 Å². The minimum atomic E-state index is -0.866. The number of carboxylic acid groups (broad SMARTS) is 1. The summed E-state index contributed by atoms with van der Waals surface area (Å²) in [6, 6.07) is 11.8. The summed E-state index contributed by atoms with van der Waals surface area (Å²) in [7, 11) is 1.96. The quantitative estimate of drug-likeness (QED) is 0.902. The standard InChI is InChI=1S/C13H13NO2S/c1-14(8-10-5-3-2-4-6-10)11-7-12(13(15)16)17-9-11/h2-7,9H,8H2,1H3,(H,15,16). The summed E-state index contributed by atoms with van der Waals surface area (Å²) in [4.78, 5) is 13.2. The van der Waals surface area contributed by atoms with Gasteiger partial charge in [0.05, 0.1) is 0 Å². The van der Waals surface area contributed by atoms with Crippen LogP contribution >= 0.6 is 11.3 Å². The van der Waals surface area contributed by atoms with Gasteiger partial charge in [0, 0.05) is 24.7 Å². The van der Waals surface area contributed by atoms with E-state index in [-0.39, 0.29) is 0 Å². The van der Waals surface area contributed by atoms with Gasteiger partial charge in [-0.25, -0.2) is 4.79 Å². The smallest absolute Gasteiger partial charge is 0.345 e. The van der Waals surface area contributed by atoms with Crippen LogP contribution in [-0.4, -0.2) is 18.1 Å². The van der Waals surface area contributed by atoms with E-state index in [1.165, 1.54) is 16.9 Å². The second kappa shape index (κ2) is 5.01. The number of benzene rings is 1. The van der Waals surface area contributed by atoms with Crippen molar-refractivity contribution in [3.8, 4) is 0 Å². The summed E-state index contributed by atoms with van der Waals surface area (Å²) in [5.74, 6) is -0.866. The van der Waals surface area contributed by atoms with E-state index in [0.29, 0.717) is 4.88 Å². The molecule has 0 saturated carbocycles. The highest BCUT2D eigenvalue weighted by molar-refractivity contribution is 7.12. The van der Waals surface area contributed by atoms with Crippen molar-refractivity contribution >= 4 is 23.0 Å². The molecule has 0 aliphatic heterocycles. The van der Waals surface area contributed by atoms with Gasteiger partial charge in [-0.15, -0.1) is 11.3 Å². The molecule has 88 valence electrons. The van der Waals surface area contributed by atoms with Crippen molar-refractivity contribution in [3.63, 3.8) is 0 Å². The van der Waals surface area contributed by atoms with Crippen molar-refractivity contribution in [1.29, 1.82) is 0 Å². The van der Waals surface area contributed by atoms with Crippen molar-refractivity contribution in [3.05, 3.63) is 52.2 Å². The summed E-state index contributed by atoms with van der Waals surface area (Å²) in [5, 5.41) is 10.7. The molecule has 0 saturated heterocycles. The Balaban J connectivity index is 2.09. The molecule has 0 radical (unpaired) electrons.